The molecule has 0 aliphatic carbocycles. The first-order valence-electron chi connectivity index (χ1n) is 12.8. The van der Waals surface area contributed by atoms with Gasteiger partial charge in [-0.2, -0.15) is 18.2 Å². The van der Waals surface area contributed by atoms with E-state index in [1.165, 1.54) is 53.4 Å². The molecule has 41 heavy (non-hydrogen) atoms. The van der Waals surface area contributed by atoms with Gasteiger partial charge in [0.05, 0.1) is 28.8 Å². The summed E-state index contributed by atoms with van der Waals surface area (Å²) in [6.45, 7) is 7.28. The molecule has 0 unspecified atom stereocenters. The fourth-order valence-electron chi connectivity index (χ4n) is 4.91. The number of ether oxygens (including phenoxy) is 1. The fourth-order valence-corrected chi connectivity index (χ4v) is 4.91. The zero-order chi connectivity index (χ0) is 29.7. The molecule has 1 aromatic heterocycles. The van der Waals surface area contributed by atoms with Gasteiger partial charge in [0.15, 0.2) is 0 Å². The van der Waals surface area contributed by atoms with Crippen molar-refractivity contribution in [2.75, 3.05) is 13.2 Å². The molecule has 5 rings (SSSR count). The SMILES string of the molecule is Cc1cc(F)c([C@@H](C)n2cnc(=O)c3cc(Oc4cccc(B5OCC(C)(C)CO5)c4C(F)(F)F)ccc32)c(F)c1. The van der Waals surface area contributed by atoms with Crippen LogP contribution in [0, 0.1) is 24.0 Å². The van der Waals surface area contributed by atoms with E-state index in [0.717, 1.165) is 6.07 Å². The topological polar surface area (TPSA) is 62.6 Å². The molecule has 4 aromatic rings. The third-order valence-electron chi connectivity index (χ3n) is 6.91. The molecule has 0 spiro atoms. The van der Waals surface area contributed by atoms with Crippen LogP contribution in [0.4, 0.5) is 22.0 Å². The van der Waals surface area contributed by atoms with Gasteiger partial charge >= 0.3 is 13.3 Å². The molecule has 1 atom stereocenters. The maximum atomic E-state index is 14.7. The minimum absolute atomic E-state index is 0.00401. The van der Waals surface area contributed by atoms with E-state index < -0.39 is 47.8 Å². The van der Waals surface area contributed by atoms with Crippen molar-refractivity contribution >= 4 is 23.5 Å². The van der Waals surface area contributed by atoms with E-state index in [2.05, 4.69) is 4.98 Å². The van der Waals surface area contributed by atoms with Crippen LogP contribution < -0.4 is 15.8 Å². The minimum atomic E-state index is -4.81. The number of halogens is 5. The fraction of sp³-hybridized carbons (Fsp3) is 0.310. The van der Waals surface area contributed by atoms with E-state index in [1.54, 1.807) is 13.8 Å². The molecule has 3 aromatic carbocycles. The number of nitrogens with zero attached hydrogens (tertiary/aromatic N) is 2. The van der Waals surface area contributed by atoms with Gasteiger partial charge in [-0.15, -0.1) is 0 Å². The van der Waals surface area contributed by atoms with Crippen LogP contribution in [0.3, 0.4) is 0 Å². The average Bonchev–Trinajstić information content (AvgIpc) is 2.88. The summed E-state index contributed by atoms with van der Waals surface area (Å²) in [5, 5.41) is -0.00401. The van der Waals surface area contributed by atoms with Crippen LogP contribution in [-0.2, 0) is 15.5 Å². The summed E-state index contributed by atoms with van der Waals surface area (Å²) in [5.74, 6) is -2.08. The Hall–Kier alpha value is -3.77. The number of fused-ring (bicyclic) bond motifs is 1. The lowest BCUT2D eigenvalue weighted by molar-refractivity contribution is -0.138. The maximum absolute atomic E-state index is 14.7. The number of hydrogen-bond donors (Lipinski definition) is 0. The lowest BCUT2D eigenvalue weighted by Gasteiger charge is -2.34. The van der Waals surface area contributed by atoms with Crippen molar-refractivity contribution in [1.29, 1.82) is 0 Å². The van der Waals surface area contributed by atoms with Crippen LogP contribution in [0.1, 0.15) is 43.5 Å². The number of aromatic nitrogens is 2. The van der Waals surface area contributed by atoms with Gasteiger partial charge in [-0.3, -0.25) is 4.79 Å². The number of hydrogen-bond acceptors (Lipinski definition) is 5. The van der Waals surface area contributed by atoms with Crippen molar-refractivity contribution in [1.82, 2.24) is 9.55 Å². The summed E-state index contributed by atoms with van der Waals surface area (Å²) in [4.78, 5) is 16.5. The summed E-state index contributed by atoms with van der Waals surface area (Å²) in [7, 11) is -1.24. The third kappa shape index (κ3) is 5.71. The molecule has 6 nitrogen and oxygen atoms in total. The summed E-state index contributed by atoms with van der Waals surface area (Å²) in [5.41, 5.74) is -1.86. The van der Waals surface area contributed by atoms with Gasteiger partial charge in [-0.25, -0.2) is 8.78 Å². The zero-order valence-corrected chi connectivity index (χ0v) is 22.7. The van der Waals surface area contributed by atoms with Crippen molar-refractivity contribution < 1.29 is 36.0 Å². The van der Waals surface area contributed by atoms with Crippen molar-refractivity contribution in [2.45, 2.75) is 39.9 Å². The van der Waals surface area contributed by atoms with Crippen LogP contribution in [0.5, 0.6) is 11.5 Å². The molecule has 1 saturated heterocycles. The predicted molar refractivity (Wildman–Crippen MR) is 144 cm³/mol. The van der Waals surface area contributed by atoms with E-state index in [1.807, 2.05) is 13.8 Å². The van der Waals surface area contributed by atoms with Crippen LogP contribution in [0.15, 0.2) is 59.7 Å². The molecule has 1 fully saturated rings. The van der Waals surface area contributed by atoms with E-state index in [9.17, 15) is 26.7 Å². The second-order valence-electron chi connectivity index (χ2n) is 10.9. The quantitative estimate of drug-likeness (QED) is 0.212. The Bertz CT molecular complexity index is 1660. The average molecular weight is 572 g/mol. The zero-order valence-electron chi connectivity index (χ0n) is 22.7. The van der Waals surface area contributed by atoms with Crippen LogP contribution >= 0.6 is 0 Å². The van der Waals surface area contributed by atoms with E-state index in [0.29, 0.717) is 5.56 Å². The van der Waals surface area contributed by atoms with E-state index >= 15 is 0 Å². The smallest absolute Gasteiger partial charge is 0.457 e. The number of rotatable bonds is 5. The second kappa shape index (κ2) is 10.6. The second-order valence-corrected chi connectivity index (χ2v) is 10.9. The van der Waals surface area contributed by atoms with Crippen molar-refractivity contribution in [2.24, 2.45) is 5.41 Å². The molecular weight excluding hydrogens is 546 g/mol. The van der Waals surface area contributed by atoms with Gasteiger partial charge in [0.25, 0.3) is 5.56 Å². The molecule has 0 radical (unpaired) electrons. The minimum Gasteiger partial charge on any atom is -0.457 e. The first kappa shape index (κ1) is 28.8. The standard InChI is InChI=1S/C29H26BF5N2O4/c1-16-10-21(31)25(22(32)11-16)17(2)37-15-36-27(38)19-12-18(8-9-23(19)37)41-24-7-5-6-20(26(24)29(33,34)35)30-39-13-28(3,4)14-40-30/h5-12,15,17H,13-14H2,1-4H3/t17-/m1/s1. The molecule has 0 bridgehead atoms. The first-order chi connectivity index (χ1) is 19.2. The lowest BCUT2D eigenvalue weighted by atomic mass is 9.73. The number of alkyl halides is 3. The van der Waals surface area contributed by atoms with E-state index in [4.69, 9.17) is 14.0 Å². The summed E-state index contributed by atoms with van der Waals surface area (Å²) in [6, 6.07) is 9.39. The summed E-state index contributed by atoms with van der Waals surface area (Å²) < 4.78 is 90.7. The molecule has 1 aliphatic rings. The van der Waals surface area contributed by atoms with Gasteiger partial charge in [0.1, 0.15) is 23.1 Å². The Kier molecular flexibility index (Phi) is 7.41. The van der Waals surface area contributed by atoms with Gasteiger partial charge in [-0.1, -0.05) is 26.0 Å². The molecule has 1 aliphatic heterocycles. The van der Waals surface area contributed by atoms with E-state index in [-0.39, 0.29) is 46.3 Å². The highest BCUT2D eigenvalue weighted by molar-refractivity contribution is 6.62. The van der Waals surface area contributed by atoms with Gasteiger partial charge < -0.3 is 18.6 Å². The number of benzene rings is 3. The highest BCUT2D eigenvalue weighted by atomic mass is 19.4. The number of aryl methyl sites for hydroxylation is 1. The molecule has 0 saturated carbocycles. The third-order valence-corrected chi connectivity index (χ3v) is 6.91. The van der Waals surface area contributed by atoms with Gasteiger partial charge in [0, 0.05) is 24.2 Å². The molecule has 0 N–H and O–H groups in total. The first-order valence-corrected chi connectivity index (χ1v) is 12.8. The van der Waals surface area contributed by atoms with Crippen LogP contribution in [0.2, 0.25) is 0 Å². The molecular formula is C29H26BF5N2O4. The van der Waals surface area contributed by atoms with Crippen LogP contribution in [0.25, 0.3) is 10.9 Å². The Morgan fingerprint density at radius 3 is 2.34 bits per heavy atom. The van der Waals surface area contributed by atoms with Crippen LogP contribution in [-0.4, -0.2) is 29.9 Å². The van der Waals surface area contributed by atoms with Gasteiger partial charge in [0.2, 0.25) is 0 Å². The van der Waals surface area contributed by atoms with Crippen molar-refractivity contribution in [3.63, 3.8) is 0 Å². The highest BCUT2D eigenvalue weighted by Crippen LogP contribution is 2.38. The predicted octanol–water partition coefficient (Wildman–Crippen LogP) is 6.17. The van der Waals surface area contributed by atoms with Crippen molar-refractivity contribution in [3.05, 3.63) is 93.5 Å². The molecule has 2 heterocycles. The highest BCUT2D eigenvalue weighted by Gasteiger charge is 2.43. The maximum Gasteiger partial charge on any atom is 0.494 e. The van der Waals surface area contributed by atoms with Crippen molar-refractivity contribution in [3.8, 4) is 11.5 Å². The largest absolute Gasteiger partial charge is 0.494 e. The lowest BCUT2D eigenvalue weighted by Crippen LogP contribution is -2.49. The summed E-state index contributed by atoms with van der Waals surface area (Å²) in [6.07, 6.45) is -3.64. The summed E-state index contributed by atoms with van der Waals surface area (Å²) >= 11 is 0. The molecule has 0 amide bonds. The Morgan fingerprint density at radius 2 is 1.71 bits per heavy atom. The monoisotopic (exact) mass is 572 g/mol. The Morgan fingerprint density at radius 1 is 1.05 bits per heavy atom. The normalized spacial score (nSPS) is 16.2. The van der Waals surface area contributed by atoms with Gasteiger partial charge in [-0.05, 0) is 61.3 Å². The Balaban J connectivity index is 1.54. The molecule has 12 heteroatoms. The Labute approximate surface area is 232 Å². The molecule has 214 valence electrons.